The maximum absolute atomic E-state index is 16.1. The summed E-state index contributed by atoms with van der Waals surface area (Å²) >= 11 is 14.2. The molecule has 0 aromatic heterocycles. The van der Waals surface area contributed by atoms with E-state index in [1.807, 2.05) is 13.8 Å². The summed E-state index contributed by atoms with van der Waals surface area (Å²) in [6, 6.07) is 10.9. The zero-order chi connectivity index (χ0) is 89.2. The molecule has 2 fully saturated rings. The third kappa shape index (κ3) is 22.3. The minimum Gasteiger partial charge on any atom is -0.508 e. The number of nitrogens with one attached hydrogen (secondary N) is 4. The predicted octanol–water partition coefficient (Wildman–Crippen LogP) is 4.26. The number of hydrogen-bond donors (Lipinski definition) is 18. The molecule has 6 aromatic rings. The lowest BCUT2D eigenvalue weighted by Crippen LogP contribution is -2.64. The Kier molecular flexibility index (Phi) is 30.9. The summed E-state index contributed by atoms with van der Waals surface area (Å²) < 4.78 is 54.8. The lowest BCUT2D eigenvalue weighted by molar-refractivity contribution is -0.333. The summed E-state index contributed by atoms with van der Waals surface area (Å²) in [5.74, 6) is -20.4. The number of aliphatic hydroxyl groups is 6. The van der Waals surface area contributed by atoms with Crippen molar-refractivity contribution in [1.29, 1.82) is 0 Å². The maximum atomic E-state index is 16.1. The van der Waals surface area contributed by atoms with Crippen LogP contribution >= 0.6 is 23.2 Å². The van der Waals surface area contributed by atoms with Crippen LogP contribution in [0.4, 0.5) is 5.69 Å². The van der Waals surface area contributed by atoms with Gasteiger partial charge in [0.2, 0.25) is 47.5 Å². The minimum atomic E-state index is -2.20. The van der Waals surface area contributed by atoms with Crippen LogP contribution in [-0.2, 0) is 66.8 Å². The Morgan fingerprint density at radius 2 is 1.38 bits per heavy atom. The average molecular weight is 1740 g/mol. The van der Waals surface area contributed by atoms with Gasteiger partial charge in [0.15, 0.2) is 47.0 Å². The van der Waals surface area contributed by atoms with Gasteiger partial charge in [0.1, 0.15) is 89.2 Å². The molecule has 658 valence electrons. The van der Waals surface area contributed by atoms with Crippen LogP contribution in [0.5, 0.6) is 57.5 Å². The first-order valence-corrected chi connectivity index (χ1v) is 39.6. The Hall–Kier alpha value is -10.9. The highest BCUT2D eigenvalue weighted by Gasteiger charge is 2.51. The quantitative estimate of drug-likeness (QED) is 0.0281. The van der Waals surface area contributed by atoms with Gasteiger partial charge in [-0.3, -0.25) is 47.9 Å². The van der Waals surface area contributed by atoms with E-state index < -0.39 is 269 Å². The van der Waals surface area contributed by atoms with Gasteiger partial charge in [-0.1, -0.05) is 62.2 Å². The number of ether oxygens (including phenoxy) is 9. The van der Waals surface area contributed by atoms with Crippen LogP contribution in [0.3, 0.4) is 0 Å². The molecule has 0 aliphatic carbocycles. The van der Waals surface area contributed by atoms with Crippen molar-refractivity contribution >= 4 is 87.6 Å². The van der Waals surface area contributed by atoms with E-state index in [0.717, 1.165) is 54.6 Å². The normalized spacial score (nSPS) is 25.5. The number of phenols is 4. The summed E-state index contributed by atoms with van der Waals surface area (Å²) in [5, 5.41) is 125. The van der Waals surface area contributed by atoms with Crippen molar-refractivity contribution in [2.75, 3.05) is 45.5 Å². The largest absolute Gasteiger partial charge is 0.508 e. The number of methoxy groups -OCH3 is 1. The number of phenolic OH excluding ortho intramolecular Hbond substituents is 3. The number of hydrogen-bond acceptors (Lipinski definition) is 30. The molecule has 7 amide bonds. The molecule has 6 heterocycles. The molecule has 9 bridgehead atoms. The van der Waals surface area contributed by atoms with E-state index in [4.69, 9.17) is 88.8 Å². The van der Waals surface area contributed by atoms with E-state index >= 15 is 9.59 Å². The van der Waals surface area contributed by atoms with Gasteiger partial charge in [0.05, 0.1) is 79.2 Å². The van der Waals surface area contributed by atoms with E-state index in [9.17, 15) is 89.4 Å². The zero-order valence-corrected chi connectivity index (χ0v) is 68.5. The van der Waals surface area contributed by atoms with Gasteiger partial charge in [0.25, 0.3) is 5.91 Å². The van der Waals surface area contributed by atoms with Crippen molar-refractivity contribution in [3.05, 3.63) is 134 Å². The molecule has 12 rings (SSSR count). The average Bonchev–Trinajstić information content (AvgIpc) is 0.776. The number of aromatic hydroxyl groups is 4. The van der Waals surface area contributed by atoms with Gasteiger partial charge >= 0.3 is 0 Å². The van der Waals surface area contributed by atoms with E-state index in [1.54, 1.807) is 6.92 Å². The van der Waals surface area contributed by atoms with Gasteiger partial charge in [0, 0.05) is 67.4 Å². The number of amides is 7. The highest BCUT2D eigenvalue weighted by atomic mass is 35.5. The number of halogens is 2. The second kappa shape index (κ2) is 40.4. The van der Waals surface area contributed by atoms with E-state index in [1.165, 1.54) is 57.4 Å². The third-order valence-electron chi connectivity index (χ3n) is 21.1. The Morgan fingerprint density at radius 3 is 2.00 bits per heavy atom. The summed E-state index contributed by atoms with van der Waals surface area (Å²) in [7, 11) is 1.24. The highest BCUT2D eigenvalue weighted by molar-refractivity contribution is 6.32. The Balaban J connectivity index is 1.10. The smallest absolute Gasteiger partial charge is 0.256 e. The SMILES string of the molecule is COc1ccc(NC(=O)COCCOCCCC(=O)[C@@H]2NC(=O)C[C@H](O)c3ccc(c(Cl)c3)Oc3cc4cc(c3OC3O[C@@H](CO)[C@@H](O)[C@H](O)[C@@H]3O[C@@H]3C[C@](C)(N)[C@H](O)[C@@H](C)O3)Oc3ccc(cc3Cl)[C@@H](O)[C@@H](NC(=O)[C@H](C)CC(C)C)C(=O)C[C@@H](CC(N)=O)C(=O)N[C@H]4C(=O)C[C@@H](C(N)=O)c3ccc(O)c(c3)-c3c(O)cc(O)cc32)c(O)c1C(N)=O. The molecule has 37 nitrogen and oxygen atoms in total. The number of carbonyl (C=O) groups is 10. The second-order valence-electron chi connectivity index (χ2n) is 31.0. The molecule has 2 saturated heterocycles. The maximum Gasteiger partial charge on any atom is 0.256 e. The fourth-order valence-electron chi connectivity index (χ4n) is 14.8. The van der Waals surface area contributed by atoms with Crippen LogP contribution in [0.1, 0.15) is 154 Å². The fourth-order valence-corrected chi connectivity index (χ4v) is 15.3. The molecular formula is C83H98Cl2N8O29. The summed E-state index contributed by atoms with van der Waals surface area (Å²) in [4.78, 5) is 142. The Morgan fingerprint density at radius 1 is 0.721 bits per heavy atom. The summed E-state index contributed by atoms with van der Waals surface area (Å²) in [6.07, 6.45) is -21.5. The van der Waals surface area contributed by atoms with Gasteiger partial charge in [-0.2, -0.15) is 0 Å². The van der Waals surface area contributed by atoms with Crippen molar-refractivity contribution in [3.8, 4) is 68.6 Å². The van der Waals surface area contributed by atoms with Crippen LogP contribution in [-0.4, -0.2) is 211 Å². The number of aliphatic hydroxyl groups excluding tert-OH is 6. The zero-order valence-electron chi connectivity index (χ0n) is 67.0. The van der Waals surface area contributed by atoms with Crippen molar-refractivity contribution in [3.63, 3.8) is 0 Å². The lowest BCUT2D eigenvalue weighted by atomic mass is 9.85. The monoisotopic (exact) mass is 1740 g/mol. The van der Waals surface area contributed by atoms with Gasteiger partial charge in [-0.05, 0) is 127 Å². The topological polar surface area (TPSA) is 608 Å². The van der Waals surface area contributed by atoms with Crippen LogP contribution in [0.2, 0.25) is 10.0 Å². The van der Waals surface area contributed by atoms with E-state index in [-0.39, 0.29) is 93.8 Å². The Labute approximate surface area is 708 Å². The summed E-state index contributed by atoms with van der Waals surface area (Å²) in [6.45, 7) is 6.21. The minimum absolute atomic E-state index is 0.0372. The molecule has 122 heavy (non-hydrogen) atoms. The van der Waals surface area contributed by atoms with Crippen molar-refractivity contribution in [1.82, 2.24) is 16.0 Å². The molecular weight excluding hydrogens is 1640 g/mol. The van der Waals surface area contributed by atoms with Crippen molar-refractivity contribution in [2.45, 2.75) is 177 Å². The van der Waals surface area contributed by atoms with Crippen LogP contribution < -0.4 is 63.1 Å². The molecule has 1 unspecified atom stereocenters. The fraction of sp³-hybridized carbons (Fsp3) is 0.446. The molecule has 6 aliphatic heterocycles. The first-order chi connectivity index (χ1) is 57.7. The first-order valence-electron chi connectivity index (χ1n) is 38.8. The molecule has 0 spiro atoms. The molecule has 6 aromatic carbocycles. The molecule has 6 aliphatic rings. The van der Waals surface area contributed by atoms with Crippen molar-refractivity contribution in [2.24, 2.45) is 40.7 Å². The lowest BCUT2D eigenvalue weighted by Gasteiger charge is -2.47. The predicted molar refractivity (Wildman–Crippen MR) is 430 cm³/mol. The first kappa shape index (κ1) is 93.4. The number of anilines is 1. The van der Waals surface area contributed by atoms with Gasteiger partial charge < -0.3 is 138 Å². The van der Waals surface area contributed by atoms with E-state index in [2.05, 4.69) is 21.3 Å². The molecule has 0 saturated carbocycles. The highest BCUT2D eigenvalue weighted by Crippen LogP contribution is 2.51. The molecule has 17 atom stereocenters. The molecule has 0 radical (unpaired) electrons. The Bertz CT molecular complexity index is 4940. The van der Waals surface area contributed by atoms with E-state index in [0.29, 0.717) is 6.42 Å². The molecule has 39 heteroatoms. The van der Waals surface area contributed by atoms with Gasteiger partial charge in [-0.25, -0.2) is 0 Å². The summed E-state index contributed by atoms with van der Waals surface area (Å²) in [5.41, 5.74) is 19.9. The number of primary amides is 3. The number of benzene rings is 6. The number of Topliss-reactive ketones (excluding diaryl/α,β-unsaturated/α-hetero) is 3. The number of rotatable bonds is 25. The van der Waals surface area contributed by atoms with Crippen LogP contribution in [0.15, 0.2) is 91.0 Å². The standard InChI is InChI=1S/C83H98Cl2N8O29/c1-35(2)20-36(3)80(112)93-70-54(100)24-42(27-62(86)102)81(113)92-68-41-25-59(75(60(26-41)119-57-15-11-40(71(70)105)23-48(57)85)122-82-76(74(108)73(107)61(33-94)120-82)121-65-32-83(5,89)77(109)37(4)117-65)118-56-14-10-39(22-47(56)84)52(98)31-63(103)91-69(46-28-43(95)29-53(99)66(46)45-21-38(9-13-50(45)96)44(78(87)110)30-55(68)101)51(97)8-7-17-115-18-19-116-34-64(104)90-49-12-16-58(114-6)67(72(49)106)79(88)111/h9-16,21-23,25-26,28-29,35-37,42,44,52,61,65,68-71,73-74,76-77,82,94-96,98-99,105-109H,7-8,17-20,24,27,30-34,89H2,1-6H3,(H2,86,102)(H2,87,110)(H2,88,111)(H,90,104)(H,91,103)(H,92,113)(H,93,112)/t36-,37-,42+,44-,52+,61+,65-,68-,69-,70+,71-,73-,74+,76+,77-,82?,83+/m1/s1. The van der Waals surface area contributed by atoms with Gasteiger partial charge in [-0.15, -0.1) is 0 Å². The molecule has 22 N–H and O–H groups in total. The number of fused-ring (bicyclic) bond motifs is 16. The number of ketones is 3. The van der Waals surface area contributed by atoms with Crippen molar-refractivity contribution < 1.29 is 142 Å². The van der Waals surface area contributed by atoms with Crippen LogP contribution in [0, 0.1) is 17.8 Å². The second-order valence-corrected chi connectivity index (χ2v) is 31.8. The third-order valence-corrected chi connectivity index (χ3v) is 21.7. The van der Waals surface area contributed by atoms with Crippen LogP contribution in [0.25, 0.3) is 11.1 Å². The number of nitrogens with two attached hydrogens (primary N) is 4. The number of carbonyl (C=O) groups excluding carboxylic acids is 10.